The SMILES string of the molecule is CN(c1cccc(F)c1)C(CN)c1c(F)cccc1F. The molecule has 0 radical (unpaired) electrons. The van der Waals surface area contributed by atoms with E-state index in [0.717, 1.165) is 0 Å². The predicted octanol–water partition coefficient (Wildman–Crippen LogP) is 3.24. The molecule has 2 rings (SSSR count). The second-order valence-electron chi connectivity index (χ2n) is 4.48. The molecule has 0 aromatic heterocycles. The Bertz CT molecular complexity index is 581. The molecule has 0 fully saturated rings. The highest BCUT2D eigenvalue weighted by molar-refractivity contribution is 5.48. The normalized spacial score (nSPS) is 12.2. The highest BCUT2D eigenvalue weighted by atomic mass is 19.1. The summed E-state index contributed by atoms with van der Waals surface area (Å²) in [5.74, 6) is -1.74. The van der Waals surface area contributed by atoms with E-state index in [1.807, 2.05) is 0 Å². The van der Waals surface area contributed by atoms with Gasteiger partial charge >= 0.3 is 0 Å². The number of hydrogen-bond acceptors (Lipinski definition) is 2. The van der Waals surface area contributed by atoms with E-state index in [-0.39, 0.29) is 12.1 Å². The van der Waals surface area contributed by atoms with Crippen molar-refractivity contribution in [1.29, 1.82) is 0 Å². The third-order valence-electron chi connectivity index (χ3n) is 3.24. The zero-order valence-electron chi connectivity index (χ0n) is 11.0. The Morgan fingerprint density at radius 2 is 1.65 bits per heavy atom. The monoisotopic (exact) mass is 280 g/mol. The number of hydrogen-bond donors (Lipinski definition) is 1. The molecule has 1 atom stereocenters. The average Bonchev–Trinajstić information content (AvgIpc) is 2.42. The first-order chi connectivity index (χ1) is 9.54. The van der Waals surface area contributed by atoms with Gasteiger partial charge in [0, 0.05) is 24.8 Å². The van der Waals surface area contributed by atoms with Crippen LogP contribution in [0.2, 0.25) is 0 Å². The van der Waals surface area contributed by atoms with Crippen LogP contribution in [0.3, 0.4) is 0 Å². The molecular formula is C15H15F3N2. The van der Waals surface area contributed by atoms with Gasteiger partial charge in [-0.3, -0.25) is 0 Å². The van der Waals surface area contributed by atoms with E-state index >= 15 is 0 Å². The third kappa shape index (κ3) is 2.77. The molecule has 0 heterocycles. The Labute approximate surface area is 115 Å². The van der Waals surface area contributed by atoms with Crippen LogP contribution >= 0.6 is 0 Å². The molecule has 2 aromatic carbocycles. The van der Waals surface area contributed by atoms with Gasteiger partial charge in [0.2, 0.25) is 0 Å². The molecule has 0 saturated carbocycles. The number of nitrogens with zero attached hydrogens (tertiary/aromatic N) is 1. The number of likely N-dealkylation sites (N-methyl/N-ethyl adjacent to an activating group) is 1. The Hall–Kier alpha value is -2.01. The van der Waals surface area contributed by atoms with Crippen LogP contribution in [-0.4, -0.2) is 13.6 Å². The molecule has 20 heavy (non-hydrogen) atoms. The maximum absolute atomic E-state index is 13.8. The molecule has 0 spiro atoms. The lowest BCUT2D eigenvalue weighted by Crippen LogP contribution is -2.32. The maximum atomic E-state index is 13.8. The van der Waals surface area contributed by atoms with Gasteiger partial charge in [0.15, 0.2) is 0 Å². The van der Waals surface area contributed by atoms with E-state index in [4.69, 9.17) is 5.73 Å². The Balaban J connectivity index is 2.42. The van der Waals surface area contributed by atoms with Gasteiger partial charge in [0.05, 0.1) is 6.04 Å². The van der Waals surface area contributed by atoms with Gasteiger partial charge in [-0.1, -0.05) is 12.1 Å². The summed E-state index contributed by atoms with van der Waals surface area (Å²) in [6.07, 6.45) is 0. The second-order valence-corrected chi connectivity index (χ2v) is 4.48. The zero-order valence-corrected chi connectivity index (χ0v) is 11.0. The smallest absolute Gasteiger partial charge is 0.131 e. The first-order valence-electron chi connectivity index (χ1n) is 6.17. The molecular weight excluding hydrogens is 265 g/mol. The van der Waals surface area contributed by atoms with Crippen LogP contribution < -0.4 is 10.6 Å². The van der Waals surface area contributed by atoms with Gasteiger partial charge in [0.25, 0.3) is 0 Å². The summed E-state index contributed by atoms with van der Waals surface area (Å²) in [5.41, 5.74) is 6.04. The lowest BCUT2D eigenvalue weighted by atomic mass is 10.0. The lowest BCUT2D eigenvalue weighted by Gasteiger charge is -2.30. The maximum Gasteiger partial charge on any atom is 0.131 e. The molecule has 2 N–H and O–H groups in total. The van der Waals surface area contributed by atoms with E-state index in [2.05, 4.69) is 0 Å². The van der Waals surface area contributed by atoms with Crippen molar-refractivity contribution in [2.24, 2.45) is 5.73 Å². The molecule has 1 unspecified atom stereocenters. The molecule has 2 aromatic rings. The van der Waals surface area contributed by atoms with Crippen molar-refractivity contribution < 1.29 is 13.2 Å². The topological polar surface area (TPSA) is 29.3 Å². The first kappa shape index (κ1) is 14.4. The molecule has 2 nitrogen and oxygen atoms in total. The van der Waals surface area contributed by atoms with Crippen molar-refractivity contribution >= 4 is 5.69 Å². The number of halogens is 3. The molecule has 106 valence electrons. The van der Waals surface area contributed by atoms with Gasteiger partial charge in [0.1, 0.15) is 17.5 Å². The third-order valence-corrected chi connectivity index (χ3v) is 3.24. The Morgan fingerprint density at radius 3 is 2.20 bits per heavy atom. The summed E-state index contributed by atoms with van der Waals surface area (Å²) >= 11 is 0. The van der Waals surface area contributed by atoms with E-state index in [9.17, 15) is 13.2 Å². The minimum Gasteiger partial charge on any atom is -0.366 e. The van der Waals surface area contributed by atoms with E-state index in [1.165, 1.54) is 36.4 Å². The molecule has 0 bridgehead atoms. The van der Waals surface area contributed by atoms with Crippen LogP contribution in [0.4, 0.5) is 18.9 Å². The van der Waals surface area contributed by atoms with Crippen molar-refractivity contribution in [3.8, 4) is 0 Å². The molecule has 0 amide bonds. The molecule has 0 aliphatic carbocycles. The van der Waals surface area contributed by atoms with Crippen LogP contribution in [0.15, 0.2) is 42.5 Å². The molecule has 0 aliphatic rings. The summed E-state index contributed by atoms with van der Waals surface area (Å²) in [6, 6.07) is 8.74. The van der Waals surface area contributed by atoms with Crippen molar-refractivity contribution in [3.63, 3.8) is 0 Å². The summed E-state index contributed by atoms with van der Waals surface area (Å²) in [4.78, 5) is 1.56. The number of nitrogens with two attached hydrogens (primary N) is 1. The van der Waals surface area contributed by atoms with Crippen LogP contribution in [0.1, 0.15) is 11.6 Å². The minimum atomic E-state index is -0.710. The van der Waals surface area contributed by atoms with Crippen LogP contribution in [-0.2, 0) is 0 Å². The highest BCUT2D eigenvalue weighted by Crippen LogP contribution is 2.28. The first-order valence-corrected chi connectivity index (χ1v) is 6.17. The summed E-state index contributed by atoms with van der Waals surface area (Å²) in [7, 11) is 1.62. The fourth-order valence-corrected chi connectivity index (χ4v) is 2.17. The molecule has 0 aliphatic heterocycles. The van der Waals surface area contributed by atoms with Crippen LogP contribution in [0, 0.1) is 17.5 Å². The van der Waals surface area contributed by atoms with Gasteiger partial charge in [-0.2, -0.15) is 0 Å². The fraction of sp³-hybridized carbons (Fsp3) is 0.200. The largest absolute Gasteiger partial charge is 0.366 e. The van der Waals surface area contributed by atoms with Gasteiger partial charge in [-0.25, -0.2) is 13.2 Å². The Kier molecular flexibility index (Phi) is 4.29. The van der Waals surface area contributed by atoms with Gasteiger partial charge < -0.3 is 10.6 Å². The number of anilines is 1. The van der Waals surface area contributed by atoms with Gasteiger partial charge in [-0.15, -0.1) is 0 Å². The number of benzene rings is 2. The second kappa shape index (κ2) is 5.96. The summed E-state index contributed by atoms with van der Waals surface area (Å²) in [6.45, 7) is 0.00483. The minimum absolute atomic E-state index is 0.00483. The van der Waals surface area contributed by atoms with E-state index < -0.39 is 23.5 Å². The van der Waals surface area contributed by atoms with Crippen molar-refractivity contribution in [3.05, 3.63) is 65.5 Å². The fourth-order valence-electron chi connectivity index (χ4n) is 2.17. The molecule has 0 saturated heterocycles. The lowest BCUT2D eigenvalue weighted by molar-refractivity contribution is 0.519. The average molecular weight is 280 g/mol. The van der Waals surface area contributed by atoms with Gasteiger partial charge in [-0.05, 0) is 30.3 Å². The van der Waals surface area contributed by atoms with Crippen LogP contribution in [0.25, 0.3) is 0 Å². The van der Waals surface area contributed by atoms with E-state index in [0.29, 0.717) is 5.69 Å². The molecule has 5 heteroatoms. The van der Waals surface area contributed by atoms with Crippen molar-refractivity contribution in [2.75, 3.05) is 18.5 Å². The summed E-state index contributed by atoms with van der Waals surface area (Å²) < 4.78 is 40.9. The standard InChI is InChI=1S/C15H15F3N2/c1-20(11-5-2-4-10(16)8-11)14(9-19)15-12(17)6-3-7-13(15)18/h2-8,14H,9,19H2,1H3. The van der Waals surface area contributed by atoms with Crippen molar-refractivity contribution in [1.82, 2.24) is 0 Å². The zero-order chi connectivity index (χ0) is 14.7. The summed E-state index contributed by atoms with van der Waals surface area (Å²) in [5, 5.41) is 0. The van der Waals surface area contributed by atoms with Crippen molar-refractivity contribution in [2.45, 2.75) is 6.04 Å². The Morgan fingerprint density at radius 1 is 1.05 bits per heavy atom. The van der Waals surface area contributed by atoms with Crippen LogP contribution in [0.5, 0.6) is 0 Å². The number of rotatable bonds is 4. The predicted molar refractivity (Wildman–Crippen MR) is 73.0 cm³/mol. The van der Waals surface area contributed by atoms with E-state index in [1.54, 1.807) is 18.0 Å². The quantitative estimate of drug-likeness (QED) is 0.931. The highest BCUT2D eigenvalue weighted by Gasteiger charge is 2.23.